The van der Waals surface area contributed by atoms with Crippen molar-refractivity contribution in [3.8, 4) is 0 Å². The molecule has 1 atom stereocenters. The van der Waals surface area contributed by atoms with E-state index in [0.717, 1.165) is 12.3 Å². The predicted octanol–water partition coefficient (Wildman–Crippen LogP) is 2.12. The van der Waals surface area contributed by atoms with Crippen molar-refractivity contribution in [1.29, 1.82) is 0 Å². The Morgan fingerprint density at radius 3 is 2.90 bits per heavy atom. The Balaban J connectivity index is 1.97. The summed E-state index contributed by atoms with van der Waals surface area (Å²) in [5.41, 5.74) is 0. The molecule has 0 saturated heterocycles. The van der Waals surface area contributed by atoms with Crippen LogP contribution >= 0.6 is 0 Å². The molecule has 10 heavy (non-hydrogen) atoms. The molecule has 0 heterocycles. The maximum absolute atomic E-state index is 8.52. The number of allylic oxidation sites excluding steroid dienone is 2. The molecule has 1 nitrogen and oxygen atoms in total. The quantitative estimate of drug-likeness (QED) is 0.468. The van der Waals surface area contributed by atoms with Crippen molar-refractivity contribution in [3.05, 3.63) is 12.2 Å². The van der Waals surface area contributed by atoms with Crippen LogP contribution in [0.25, 0.3) is 0 Å². The highest BCUT2D eigenvalue weighted by Crippen LogP contribution is 2.21. The summed E-state index contributed by atoms with van der Waals surface area (Å²) in [7, 11) is 0. The van der Waals surface area contributed by atoms with Crippen molar-refractivity contribution in [2.75, 3.05) is 6.61 Å². The molecule has 0 unspecified atom stereocenters. The van der Waals surface area contributed by atoms with E-state index in [2.05, 4.69) is 12.2 Å². The van der Waals surface area contributed by atoms with Crippen LogP contribution in [0, 0.1) is 5.92 Å². The van der Waals surface area contributed by atoms with Crippen LogP contribution in [0.2, 0.25) is 0 Å². The first-order valence-electron chi connectivity index (χ1n) is 4.21. The van der Waals surface area contributed by atoms with Crippen LogP contribution in [0.5, 0.6) is 0 Å². The molecule has 1 heteroatoms. The van der Waals surface area contributed by atoms with Gasteiger partial charge in [-0.3, -0.25) is 0 Å². The summed E-state index contributed by atoms with van der Waals surface area (Å²) >= 11 is 0. The molecular weight excluding hydrogens is 124 g/mol. The Bertz CT molecular complexity index is 107. The third-order valence-corrected chi connectivity index (χ3v) is 2.10. The fourth-order valence-corrected chi connectivity index (χ4v) is 1.45. The van der Waals surface area contributed by atoms with Crippen LogP contribution in [0.4, 0.5) is 0 Å². The highest BCUT2D eigenvalue weighted by molar-refractivity contribution is 4.95. The van der Waals surface area contributed by atoms with Gasteiger partial charge < -0.3 is 5.11 Å². The molecule has 0 spiro atoms. The normalized spacial score (nSPS) is 23.9. The average Bonchev–Trinajstić information content (AvgIpc) is 2.41. The first-order valence-corrected chi connectivity index (χ1v) is 4.21. The van der Waals surface area contributed by atoms with Gasteiger partial charge >= 0.3 is 0 Å². The van der Waals surface area contributed by atoms with Gasteiger partial charge in [0.15, 0.2) is 0 Å². The van der Waals surface area contributed by atoms with Crippen LogP contribution in [0.3, 0.4) is 0 Å². The zero-order chi connectivity index (χ0) is 7.23. The Morgan fingerprint density at radius 2 is 2.30 bits per heavy atom. The van der Waals surface area contributed by atoms with Crippen molar-refractivity contribution < 1.29 is 5.11 Å². The van der Waals surface area contributed by atoms with Gasteiger partial charge in [0.2, 0.25) is 0 Å². The van der Waals surface area contributed by atoms with Crippen LogP contribution in [0.15, 0.2) is 12.2 Å². The second-order valence-electron chi connectivity index (χ2n) is 2.98. The molecule has 1 aliphatic carbocycles. The van der Waals surface area contributed by atoms with E-state index in [1.807, 2.05) is 0 Å². The van der Waals surface area contributed by atoms with Crippen molar-refractivity contribution in [1.82, 2.24) is 0 Å². The van der Waals surface area contributed by atoms with Crippen molar-refractivity contribution in [2.24, 2.45) is 5.92 Å². The lowest BCUT2D eigenvalue weighted by Crippen LogP contribution is -1.92. The highest BCUT2D eigenvalue weighted by atomic mass is 16.2. The molecule has 0 aromatic rings. The van der Waals surface area contributed by atoms with E-state index >= 15 is 0 Å². The Morgan fingerprint density at radius 1 is 1.40 bits per heavy atom. The third-order valence-electron chi connectivity index (χ3n) is 2.10. The van der Waals surface area contributed by atoms with E-state index in [-0.39, 0.29) is 0 Å². The zero-order valence-electron chi connectivity index (χ0n) is 6.42. The van der Waals surface area contributed by atoms with Crippen LogP contribution in [-0.2, 0) is 0 Å². The van der Waals surface area contributed by atoms with E-state index in [4.69, 9.17) is 5.11 Å². The van der Waals surface area contributed by atoms with Gasteiger partial charge in [0.25, 0.3) is 0 Å². The summed E-state index contributed by atoms with van der Waals surface area (Å²) in [6.45, 7) is 0.358. The summed E-state index contributed by atoms with van der Waals surface area (Å²) in [4.78, 5) is 0. The van der Waals surface area contributed by atoms with Gasteiger partial charge in [-0.05, 0) is 31.6 Å². The molecule has 0 aliphatic heterocycles. The largest absolute Gasteiger partial charge is 0.396 e. The van der Waals surface area contributed by atoms with Crippen LogP contribution in [0.1, 0.15) is 32.1 Å². The van der Waals surface area contributed by atoms with Crippen molar-refractivity contribution in [3.63, 3.8) is 0 Å². The lowest BCUT2D eigenvalue weighted by molar-refractivity contribution is 0.280. The maximum Gasteiger partial charge on any atom is 0.0431 e. The lowest BCUT2D eigenvalue weighted by Gasteiger charge is -2.04. The highest BCUT2D eigenvalue weighted by Gasteiger charge is 2.07. The number of unbranched alkanes of at least 4 members (excludes halogenated alkanes) is 1. The molecule has 0 bridgehead atoms. The van der Waals surface area contributed by atoms with E-state index in [0.29, 0.717) is 6.61 Å². The Kier molecular flexibility index (Phi) is 3.52. The fourth-order valence-electron chi connectivity index (χ4n) is 1.45. The standard InChI is InChI=1S/C9H16O/c10-8-4-3-7-9-5-1-2-6-9/h1,5,9-10H,2-4,6-8H2/t9-/m1/s1. The summed E-state index contributed by atoms with van der Waals surface area (Å²) in [5.74, 6) is 0.826. The molecule has 0 fully saturated rings. The minimum Gasteiger partial charge on any atom is -0.396 e. The Hall–Kier alpha value is -0.300. The fraction of sp³-hybridized carbons (Fsp3) is 0.778. The first-order chi connectivity index (χ1) is 4.93. The monoisotopic (exact) mass is 140 g/mol. The first kappa shape index (κ1) is 7.80. The molecule has 0 radical (unpaired) electrons. The number of hydrogen-bond acceptors (Lipinski definition) is 1. The van der Waals surface area contributed by atoms with Gasteiger partial charge in [-0.1, -0.05) is 18.6 Å². The topological polar surface area (TPSA) is 20.2 Å². The molecule has 1 aliphatic rings. The minimum atomic E-state index is 0.358. The second-order valence-corrected chi connectivity index (χ2v) is 2.98. The van der Waals surface area contributed by atoms with Crippen LogP contribution < -0.4 is 0 Å². The van der Waals surface area contributed by atoms with Gasteiger partial charge in [-0.25, -0.2) is 0 Å². The third kappa shape index (κ3) is 2.53. The van der Waals surface area contributed by atoms with Gasteiger partial charge in [-0.2, -0.15) is 0 Å². The molecule has 0 saturated carbocycles. The second kappa shape index (κ2) is 4.51. The average molecular weight is 140 g/mol. The summed E-state index contributed by atoms with van der Waals surface area (Å²) < 4.78 is 0. The smallest absolute Gasteiger partial charge is 0.0431 e. The SMILES string of the molecule is OCCCC[C@@H]1C=CCC1. The molecule has 58 valence electrons. The van der Waals surface area contributed by atoms with Crippen molar-refractivity contribution >= 4 is 0 Å². The van der Waals surface area contributed by atoms with Crippen LogP contribution in [-0.4, -0.2) is 11.7 Å². The molecule has 0 amide bonds. The number of rotatable bonds is 4. The van der Waals surface area contributed by atoms with E-state index in [1.54, 1.807) is 0 Å². The predicted molar refractivity (Wildman–Crippen MR) is 42.8 cm³/mol. The number of aliphatic hydroxyl groups is 1. The summed E-state index contributed by atoms with van der Waals surface area (Å²) in [6, 6.07) is 0. The van der Waals surface area contributed by atoms with E-state index in [9.17, 15) is 0 Å². The van der Waals surface area contributed by atoms with E-state index < -0.39 is 0 Å². The molecule has 1 N–H and O–H groups in total. The number of hydrogen-bond donors (Lipinski definition) is 1. The van der Waals surface area contributed by atoms with Gasteiger partial charge in [0, 0.05) is 6.61 Å². The Labute approximate surface area is 62.8 Å². The summed E-state index contributed by atoms with van der Waals surface area (Å²) in [6.07, 6.45) is 10.6. The summed E-state index contributed by atoms with van der Waals surface area (Å²) in [5, 5.41) is 8.52. The van der Waals surface area contributed by atoms with Gasteiger partial charge in [0.05, 0.1) is 0 Å². The number of aliphatic hydroxyl groups excluding tert-OH is 1. The van der Waals surface area contributed by atoms with Crippen molar-refractivity contribution in [2.45, 2.75) is 32.1 Å². The minimum absolute atomic E-state index is 0.358. The molecule has 1 rings (SSSR count). The maximum atomic E-state index is 8.52. The lowest BCUT2D eigenvalue weighted by atomic mass is 10.0. The molecule has 0 aromatic carbocycles. The molecule has 0 aromatic heterocycles. The van der Waals surface area contributed by atoms with Gasteiger partial charge in [0.1, 0.15) is 0 Å². The molecular formula is C9H16O. The van der Waals surface area contributed by atoms with E-state index in [1.165, 1.54) is 25.7 Å². The van der Waals surface area contributed by atoms with Gasteiger partial charge in [-0.15, -0.1) is 0 Å². The zero-order valence-corrected chi connectivity index (χ0v) is 6.42.